The summed E-state index contributed by atoms with van der Waals surface area (Å²) >= 11 is 0. The number of sulfonamides is 1. The molecule has 1 aromatic heterocycles. The van der Waals surface area contributed by atoms with Gasteiger partial charge in [0.1, 0.15) is 6.61 Å². The number of Topliss-reactive ketones (excluding diaryl/α,β-unsaturated/α-hetero) is 1. The molecule has 1 N–H and O–H groups in total. The minimum absolute atomic E-state index is 0.0507. The van der Waals surface area contributed by atoms with E-state index in [1.807, 2.05) is 30.3 Å². The molecule has 3 aromatic rings. The van der Waals surface area contributed by atoms with Crippen LogP contribution in [0.3, 0.4) is 0 Å². The fourth-order valence-corrected chi connectivity index (χ4v) is 3.58. The van der Waals surface area contributed by atoms with Gasteiger partial charge < -0.3 is 4.74 Å². The zero-order chi connectivity index (χ0) is 20.0. The predicted molar refractivity (Wildman–Crippen MR) is 105 cm³/mol. The van der Waals surface area contributed by atoms with Gasteiger partial charge in [0, 0.05) is 24.4 Å². The molecule has 1 heterocycles. The van der Waals surface area contributed by atoms with E-state index in [0.29, 0.717) is 23.6 Å². The Bertz CT molecular complexity index is 1070. The molecule has 2 aromatic carbocycles. The van der Waals surface area contributed by atoms with Crippen LogP contribution in [0.1, 0.15) is 28.4 Å². The Balaban J connectivity index is 1.65. The molecule has 0 aliphatic carbocycles. The Kier molecular flexibility index (Phi) is 6.18. The maximum Gasteiger partial charge on any atom is 0.240 e. The Morgan fingerprint density at radius 2 is 1.79 bits per heavy atom. The fourth-order valence-electron chi connectivity index (χ4n) is 2.51. The number of nitrogens with zero attached hydrogens (tertiary/aromatic N) is 1. The Morgan fingerprint density at radius 3 is 2.54 bits per heavy atom. The second kappa shape index (κ2) is 8.77. The first-order chi connectivity index (χ1) is 13.4. The van der Waals surface area contributed by atoms with E-state index < -0.39 is 10.0 Å². The fraction of sp³-hybridized carbons (Fsp3) is 0.143. The van der Waals surface area contributed by atoms with Crippen LogP contribution in [-0.4, -0.2) is 19.2 Å². The molecule has 0 amide bonds. The third-order valence-corrected chi connectivity index (χ3v) is 5.44. The van der Waals surface area contributed by atoms with Crippen LogP contribution in [0.4, 0.5) is 0 Å². The number of carbonyl (C=O) groups is 1. The van der Waals surface area contributed by atoms with Crippen molar-refractivity contribution >= 4 is 15.8 Å². The highest BCUT2D eigenvalue weighted by Gasteiger charge is 2.15. The number of hydrogen-bond acceptors (Lipinski definition) is 5. The second-order valence-electron chi connectivity index (χ2n) is 6.19. The average molecular weight is 396 g/mol. The Labute approximate surface area is 164 Å². The van der Waals surface area contributed by atoms with Gasteiger partial charge in [-0.3, -0.25) is 4.79 Å². The van der Waals surface area contributed by atoms with Crippen molar-refractivity contribution in [2.45, 2.75) is 25.0 Å². The molecule has 144 valence electrons. The van der Waals surface area contributed by atoms with Crippen molar-refractivity contribution in [1.29, 1.82) is 0 Å². The molecule has 0 saturated carbocycles. The van der Waals surface area contributed by atoms with Crippen molar-refractivity contribution < 1.29 is 17.9 Å². The van der Waals surface area contributed by atoms with Gasteiger partial charge in [0.05, 0.1) is 4.90 Å². The lowest BCUT2D eigenvalue weighted by molar-refractivity contribution is 0.101. The lowest BCUT2D eigenvalue weighted by Gasteiger charge is -2.09. The average Bonchev–Trinajstić information content (AvgIpc) is 2.72. The van der Waals surface area contributed by atoms with Crippen LogP contribution in [0.25, 0.3) is 0 Å². The topological polar surface area (TPSA) is 85.4 Å². The van der Waals surface area contributed by atoms with E-state index in [1.54, 1.807) is 30.5 Å². The van der Waals surface area contributed by atoms with Crippen LogP contribution in [0, 0.1) is 0 Å². The smallest absolute Gasteiger partial charge is 0.240 e. The molecule has 0 radical (unpaired) electrons. The summed E-state index contributed by atoms with van der Waals surface area (Å²) < 4.78 is 33.2. The summed E-state index contributed by atoms with van der Waals surface area (Å²) in [5, 5.41) is 0. The lowest BCUT2D eigenvalue weighted by Crippen LogP contribution is -2.23. The van der Waals surface area contributed by atoms with Crippen molar-refractivity contribution in [3.8, 4) is 5.88 Å². The highest BCUT2D eigenvalue weighted by Crippen LogP contribution is 2.15. The number of benzene rings is 2. The normalized spacial score (nSPS) is 11.2. The van der Waals surface area contributed by atoms with Crippen LogP contribution in [0.2, 0.25) is 0 Å². The van der Waals surface area contributed by atoms with E-state index in [-0.39, 0.29) is 17.2 Å². The van der Waals surface area contributed by atoms with Crippen molar-refractivity contribution in [2.24, 2.45) is 0 Å². The van der Waals surface area contributed by atoms with E-state index in [4.69, 9.17) is 4.74 Å². The van der Waals surface area contributed by atoms with Crippen molar-refractivity contribution in [3.05, 3.63) is 89.6 Å². The van der Waals surface area contributed by atoms with Crippen LogP contribution >= 0.6 is 0 Å². The SMILES string of the molecule is CC(=O)c1cccc(S(=O)(=O)NCc2ccnc(OCc3ccccc3)c2)c1. The maximum absolute atomic E-state index is 12.5. The maximum atomic E-state index is 12.5. The number of pyridine rings is 1. The van der Waals surface area contributed by atoms with Gasteiger partial charge in [-0.1, -0.05) is 42.5 Å². The molecule has 0 aliphatic heterocycles. The molecule has 0 atom stereocenters. The van der Waals surface area contributed by atoms with Gasteiger partial charge in [0.15, 0.2) is 5.78 Å². The Morgan fingerprint density at radius 1 is 1.00 bits per heavy atom. The number of hydrogen-bond donors (Lipinski definition) is 1. The number of nitrogens with one attached hydrogen (secondary N) is 1. The summed E-state index contributed by atoms with van der Waals surface area (Å²) in [6.45, 7) is 1.85. The minimum atomic E-state index is -3.75. The summed E-state index contributed by atoms with van der Waals surface area (Å²) in [5.74, 6) is 0.227. The van der Waals surface area contributed by atoms with Crippen LogP contribution in [0.5, 0.6) is 5.88 Å². The molecule has 3 rings (SSSR count). The van der Waals surface area contributed by atoms with Gasteiger partial charge in [-0.15, -0.1) is 0 Å². The highest BCUT2D eigenvalue weighted by atomic mass is 32.2. The summed E-state index contributed by atoms with van der Waals surface area (Å²) in [4.78, 5) is 15.7. The molecule has 0 bridgehead atoms. The van der Waals surface area contributed by atoms with Crippen LogP contribution < -0.4 is 9.46 Å². The monoisotopic (exact) mass is 396 g/mol. The van der Waals surface area contributed by atoms with Crippen molar-refractivity contribution in [1.82, 2.24) is 9.71 Å². The van der Waals surface area contributed by atoms with Gasteiger partial charge in [-0.25, -0.2) is 18.1 Å². The third kappa shape index (κ3) is 5.25. The number of rotatable bonds is 8. The van der Waals surface area contributed by atoms with Gasteiger partial charge in [-0.05, 0) is 36.2 Å². The minimum Gasteiger partial charge on any atom is -0.473 e. The molecule has 6 nitrogen and oxygen atoms in total. The Hall–Kier alpha value is -3.03. The molecule has 28 heavy (non-hydrogen) atoms. The molecule has 0 aliphatic rings. The van der Waals surface area contributed by atoms with Gasteiger partial charge in [-0.2, -0.15) is 0 Å². The second-order valence-corrected chi connectivity index (χ2v) is 7.95. The van der Waals surface area contributed by atoms with Crippen LogP contribution in [-0.2, 0) is 23.2 Å². The zero-order valence-electron chi connectivity index (χ0n) is 15.3. The predicted octanol–water partition coefficient (Wildman–Crippen LogP) is 3.34. The molecule has 7 heteroatoms. The summed E-state index contributed by atoms with van der Waals surface area (Å²) in [6, 6.07) is 19.0. The molecular weight excluding hydrogens is 376 g/mol. The highest BCUT2D eigenvalue weighted by molar-refractivity contribution is 7.89. The summed E-state index contributed by atoms with van der Waals surface area (Å²) in [5.41, 5.74) is 2.08. The van der Waals surface area contributed by atoms with Crippen molar-refractivity contribution in [2.75, 3.05) is 0 Å². The first kappa shape index (κ1) is 19.7. The first-order valence-corrected chi connectivity index (χ1v) is 10.1. The quantitative estimate of drug-likeness (QED) is 0.590. The zero-order valence-corrected chi connectivity index (χ0v) is 16.1. The summed E-state index contributed by atoms with van der Waals surface area (Å²) in [7, 11) is -3.75. The largest absolute Gasteiger partial charge is 0.473 e. The lowest BCUT2D eigenvalue weighted by atomic mass is 10.2. The van der Waals surface area contributed by atoms with Gasteiger partial charge in [0.2, 0.25) is 15.9 Å². The van der Waals surface area contributed by atoms with E-state index in [0.717, 1.165) is 5.56 Å². The number of ketones is 1. The van der Waals surface area contributed by atoms with E-state index in [1.165, 1.54) is 19.1 Å². The van der Waals surface area contributed by atoms with Gasteiger partial charge in [0.25, 0.3) is 0 Å². The summed E-state index contributed by atoms with van der Waals surface area (Å²) in [6.07, 6.45) is 1.57. The number of carbonyl (C=O) groups excluding carboxylic acids is 1. The van der Waals surface area contributed by atoms with E-state index in [9.17, 15) is 13.2 Å². The van der Waals surface area contributed by atoms with Crippen LogP contribution in [0.15, 0.2) is 77.8 Å². The van der Waals surface area contributed by atoms with E-state index >= 15 is 0 Å². The molecule has 0 unspecified atom stereocenters. The third-order valence-electron chi connectivity index (χ3n) is 4.05. The molecule has 0 fully saturated rings. The van der Waals surface area contributed by atoms with Crippen molar-refractivity contribution in [3.63, 3.8) is 0 Å². The van der Waals surface area contributed by atoms with Gasteiger partial charge >= 0.3 is 0 Å². The number of ether oxygens (including phenoxy) is 1. The molecular formula is C21H20N2O4S. The van der Waals surface area contributed by atoms with E-state index in [2.05, 4.69) is 9.71 Å². The molecule has 0 saturated heterocycles. The number of aromatic nitrogens is 1. The standard InChI is InChI=1S/C21H20N2O4S/c1-16(24)19-8-5-9-20(13-19)28(25,26)23-14-18-10-11-22-21(12-18)27-15-17-6-3-2-4-7-17/h2-13,23H,14-15H2,1H3. The first-order valence-electron chi connectivity index (χ1n) is 8.66. The molecule has 0 spiro atoms.